The van der Waals surface area contributed by atoms with E-state index in [-0.39, 0.29) is 29.1 Å². The van der Waals surface area contributed by atoms with Crippen LogP contribution in [0.1, 0.15) is 22.8 Å². The van der Waals surface area contributed by atoms with E-state index in [0.717, 1.165) is 14.0 Å². The van der Waals surface area contributed by atoms with Crippen LogP contribution >= 0.6 is 23.2 Å². The Morgan fingerprint density at radius 1 is 0.861 bits per heavy atom. The van der Waals surface area contributed by atoms with E-state index in [2.05, 4.69) is 5.32 Å². The van der Waals surface area contributed by atoms with E-state index in [1.807, 2.05) is 5.32 Å². The second kappa shape index (κ2) is 9.88. The first-order valence-corrected chi connectivity index (χ1v) is 10.0. The van der Waals surface area contributed by atoms with Crippen LogP contribution in [0.15, 0.2) is 30.3 Å². The van der Waals surface area contributed by atoms with Gasteiger partial charge in [0.05, 0.1) is 34.1 Å². The fourth-order valence-corrected chi connectivity index (χ4v) is 3.60. The summed E-state index contributed by atoms with van der Waals surface area (Å²) in [6.45, 7) is 1.15. The molecule has 0 spiro atoms. The van der Waals surface area contributed by atoms with Gasteiger partial charge in [-0.1, -0.05) is 29.3 Å². The second-order valence-corrected chi connectivity index (χ2v) is 7.88. The summed E-state index contributed by atoms with van der Waals surface area (Å²) >= 11 is 11.4. The highest BCUT2D eigenvalue weighted by Crippen LogP contribution is 2.59. The number of halogens is 11. The Bertz CT molecular complexity index is 1160. The largest absolute Gasteiger partial charge is 0.494 e. The second-order valence-electron chi connectivity index (χ2n) is 7.06. The van der Waals surface area contributed by atoms with Gasteiger partial charge >= 0.3 is 23.9 Å². The predicted molar refractivity (Wildman–Crippen MR) is 112 cm³/mol. The van der Waals surface area contributed by atoms with Crippen molar-refractivity contribution in [3.05, 3.63) is 51.5 Å². The molecule has 0 fully saturated rings. The summed E-state index contributed by atoms with van der Waals surface area (Å²) in [5, 5.41) is 2.21. The molecular formula is C20H13Cl2F9N2O3. The fraction of sp³-hybridized carbons (Fsp3) is 0.300. The number of hydrogen-bond donors (Lipinski definition) is 2. The third-order valence-corrected chi connectivity index (χ3v) is 5.23. The molecule has 1 unspecified atom stereocenters. The third-order valence-electron chi connectivity index (χ3n) is 4.63. The Morgan fingerprint density at radius 3 is 1.81 bits per heavy atom. The van der Waals surface area contributed by atoms with Crippen LogP contribution in [0.3, 0.4) is 0 Å². The number of para-hydroxylation sites is 1. The molecule has 1 atom stereocenters. The van der Waals surface area contributed by atoms with E-state index in [1.54, 1.807) is 0 Å². The number of alkyl halides is 9. The molecule has 2 aromatic rings. The predicted octanol–water partition coefficient (Wildman–Crippen LogP) is 7.14. The molecular weight excluding hydrogens is 558 g/mol. The van der Waals surface area contributed by atoms with Gasteiger partial charge in [-0.15, -0.1) is 0 Å². The van der Waals surface area contributed by atoms with Crippen LogP contribution < -0.4 is 15.4 Å². The van der Waals surface area contributed by atoms with E-state index >= 15 is 0 Å². The van der Waals surface area contributed by atoms with Gasteiger partial charge in [0, 0.05) is 12.5 Å². The maximum absolute atomic E-state index is 14.7. The maximum atomic E-state index is 14.7. The topological polar surface area (TPSA) is 67.4 Å². The summed E-state index contributed by atoms with van der Waals surface area (Å²) in [4.78, 5) is 24.0. The number of benzene rings is 2. The first-order valence-electron chi connectivity index (χ1n) is 9.25. The molecule has 0 aliphatic rings. The molecule has 0 bridgehead atoms. The van der Waals surface area contributed by atoms with Crippen molar-refractivity contribution in [1.29, 1.82) is 0 Å². The van der Waals surface area contributed by atoms with E-state index in [9.17, 15) is 49.1 Å². The number of hydrogen-bond acceptors (Lipinski definition) is 3. The van der Waals surface area contributed by atoms with Crippen molar-refractivity contribution in [1.82, 2.24) is 0 Å². The van der Waals surface area contributed by atoms with Gasteiger partial charge in [-0.05, 0) is 24.3 Å². The lowest BCUT2D eigenvalue weighted by molar-refractivity contribution is -0.389. The summed E-state index contributed by atoms with van der Waals surface area (Å²) < 4.78 is 125. The summed E-state index contributed by atoms with van der Waals surface area (Å²) in [6.07, 6.45) is -13.7. The molecule has 0 saturated heterocycles. The van der Waals surface area contributed by atoms with Crippen molar-refractivity contribution in [2.75, 3.05) is 17.7 Å². The molecule has 0 aliphatic carbocycles. The maximum Gasteiger partial charge on any atom is 0.457 e. The van der Waals surface area contributed by atoms with Gasteiger partial charge in [0.1, 0.15) is 0 Å². The Labute approximate surface area is 206 Å². The minimum atomic E-state index is -6.95. The van der Waals surface area contributed by atoms with Crippen molar-refractivity contribution in [2.24, 2.45) is 0 Å². The van der Waals surface area contributed by atoms with Crippen LogP contribution in [0.4, 0.5) is 50.9 Å². The van der Waals surface area contributed by atoms with Crippen LogP contribution in [0.25, 0.3) is 0 Å². The van der Waals surface area contributed by atoms with Gasteiger partial charge in [0.15, 0.2) is 5.75 Å². The zero-order chi connectivity index (χ0) is 27.9. The summed E-state index contributed by atoms with van der Waals surface area (Å²) in [5.74, 6) is -8.76. The molecule has 0 aromatic heterocycles. The molecule has 0 aliphatic heterocycles. The van der Waals surface area contributed by atoms with Crippen molar-refractivity contribution >= 4 is 46.4 Å². The molecule has 0 saturated carbocycles. The molecule has 2 rings (SSSR count). The molecule has 36 heavy (non-hydrogen) atoms. The van der Waals surface area contributed by atoms with Gasteiger partial charge in [0.25, 0.3) is 5.91 Å². The first kappa shape index (κ1) is 29.4. The van der Waals surface area contributed by atoms with Crippen LogP contribution in [0, 0.1) is 0 Å². The first-order chi connectivity index (χ1) is 16.3. The number of methoxy groups -OCH3 is 1. The number of amides is 2. The van der Waals surface area contributed by atoms with E-state index < -0.39 is 57.1 Å². The van der Waals surface area contributed by atoms with Crippen molar-refractivity contribution < 1.29 is 53.8 Å². The van der Waals surface area contributed by atoms with Crippen LogP contribution in [0.5, 0.6) is 5.75 Å². The van der Waals surface area contributed by atoms with Crippen molar-refractivity contribution in [2.45, 2.75) is 30.9 Å². The molecule has 2 aromatic carbocycles. The number of carbonyl (C=O) groups is 2. The summed E-state index contributed by atoms with van der Waals surface area (Å²) in [7, 11) is 1.13. The number of anilines is 2. The fourth-order valence-electron chi connectivity index (χ4n) is 3.01. The summed E-state index contributed by atoms with van der Waals surface area (Å²) in [6, 6.07) is 3.50. The minimum absolute atomic E-state index is 0.0342. The van der Waals surface area contributed by atoms with Crippen LogP contribution in [0.2, 0.25) is 10.0 Å². The Kier molecular flexibility index (Phi) is 8.06. The molecule has 16 heteroatoms. The van der Waals surface area contributed by atoms with Crippen molar-refractivity contribution in [3.8, 4) is 5.75 Å². The Morgan fingerprint density at radius 2 is 1.39 bits per heavy atom. The number of nitrogens with one attached hydrogen (secondary N) is 2. The zero-order valence-electron chi connectivity index (χ0n) is 17.8. The van der Waals surface area contributed by atoms with Gasteiger partial charge in [-0.2, -0.15) is 35.1 Å². The molecule has 2 amide bonds. The SMILES string of the molecule is COc1c(NC(C)=O)cccc1C(=O)Nc1c(Cl)cc(C(F)(C(F)(F)F)C(F)(F)C(F)(F)F)cc1Cl. The van der Waals surface area contributed by atoms with E-state index in [4.69, 9.17) is 27.9 Å². The zero-order valence-corrected chi connectivity index (χ0v) is 19.3. The molecule has 0 heterocycles. The highest BCUT2D eigenvalue weighted by atomic mass is 35.5. The quantitative estimate of drug-likeness (QED) is 0.363. The van der Waals surface area contributed by atoms with Crippen LogP contribution in [-0.4, -0.2) is 37.2 Å². The molecule has 0 radical (unpaired) electrons. The highest BCUT2D eigenvalue weighted by Gasteiger charge is 2.81. The summed E-state index contributed by atoms with van der Waals surface area (Å²) in [5.41, 5.74) is -9.51. The van der Waals surface area contributed by atoms with Gasteiger partial charge in [-0.3, -0.25) is 9.59 Å². The molecule has 2 N–H and O–H groups in total. The van der Waals surface area contributed by atoms with Gasteiger partial charge in [0.2, 0.25) is 5.91 Å². The van der Waals surface area contributed by atoms with Gasteiger partial charge in [-0.25, -0.2) is 4.39 Å². The highest BCUT2D eigenvalue weighted by molar-refractivity contribution is 6.40. The minimum Gasteiger partial charge on any atom is -0.494 e. The Hall–Kier alpha value is -2.87. The number of carbonyl (C=O) groups excluding carboxylic acids is 2. The monoisotopic (exact) mass is 570 g/mol. The molecule has 198 valence electrons. The number of ether oxygens (including phenoxy) is 1. The van der Waals surface area contributed by atoms with Gasteiger partial charge < -0.3 is 15.4 Å². The lowest BCUT2D eigenvalue weighted by Gasteiger charge is -2.36. The van der Waals surface area contributed by atoms with Crippen LogP contribution in [-0.2, 0) is 10.5 Å². The lowest BCUT2D eigenvalue weighted by atomic mass is 9.87. The average Bonchev–Trinajstić information content (AvgIpc) is 2.72. The lowest BCUT2D eigenvalue weighted by Crippen LogP contribution is -2.59. The standard InChI is InChI=1S/C20H13Cl2F9N2O3/c1-8(34)32-13-5-3-4-10(15(13)36-2)16(35)33-14-11(21)6-9(7-12(14)22)17(23,19(26,27)28)18(24,25)20(29,30)31/h3-7H,1-2H3,(H,32,34)(H,33,35). The Balaban J connectivity index is 2.59. The van der Waals surface area contributed by atoms with E-state index in [1.165, 1.54) is 18.2 Å². The molecule has 5 nitrogen and oxygen atoms in total. The van der Waals surface area contributed by atoms with Crippen molar-refractivity contribution in [3.63, 3.8) is 0 Å². The third kappa shape index (κ3) is 5.14. The van der Waals surface area contributed by atoms with E-state index in [0.29, 0.717) is 0 Å². The average molecular weight is 571 g/mol. The smallest absolute Gasteiger partial charge is 0.457 e. The normalized spacial score (nSPS) is 14.1. The number of rotatable bonds is 6.